The molecule has 4 heteroatoms. The lowest BCUT2D eigenvalue weighted by Crippen LogP contribution is -2.06. The zero-order valence-electron chi connectivity index (χ0n) is 12.1. The van der Waals surface area contributed by atoms with Crippen molar-refractivity contribution in [1.29, 1.82) is 0 Å². The van der Waals surface area contributed by atoms with Crippen molar-refractivity contribution in [2.24, 2.45) is 0 Å². The molecule has 0 radical (unpaired) electrons. The maximum Gasteiger partial charge on any atom is 0.179 e. The first-order valence-electron chi connectivity index (χ1n) is 7.20. The van der Waals surface area contributed by atoms with Gasteiger partial charge < -0.3 is 4.98 Å². The smallest absolute Gasteiger partial charge is 0.179 e. The molecule has 0 aliphatic carbocycles. The molecule has 2 aromatic heterocycles. The summed E-state index contributed by atoms with van der Waals surface area (Å²) in [5.74, 6) is 0. The molecule has 2 aromatic rings. The number of hydrogen-bond donors (Lipinski definition) is 1. The minimum absolute atomic E-state index is 0.410. The monoisotopic (exact) mass is 277 g/mol. The summed E-state index contributed by atoms with van der Waals surface area (Å²) in [5.41, 5.74) is 3.19. The first kappa shape index (κ1) is 14.3. The van der Waals surface area contributed by atoms with E-state index in [1.165, 1.54) is 25.7 Å². The van der Waals surface area contributed by atoms with Crippen LogP contribution in [-0.2, 0) is 0 Å². The van der Waals surface area contributed by atoms with Crippen molar-refractivity contribution in [2.75, 3.05) is 0 Å². The van der Waals surface area contributed by atoms with Gasteiger partial charge in [-0.05, 0) is 44.1 Å². The van der Waals surface area contributed by atoms with E-state index in [2.05, 4.69) is 41.4 Å². The Morgan fingerprint density at radius 2 is 2.16 bits per heavy atom. The van der Waals surface area contributed by atoms with Crippen molar-refractivity contribution in [3.05, 3.63) is 22.6 Å². The van der Waals surface area contributed by atoms with Crippen molar-refractivity contribution in [3.63, 3.8) is 0 Å². The molecule has 0 bridgehead atoms. The number of fused-ring (bicyclic) bond motifs is 1. The molecule has 1 N–H and O–H groups in total. The molecular weight excluding hydrogens is 254 g/mol. The fraction of sp³-hybridized carbons (Fsp3) is 0.600. The van der Waals surface area contributed by atoms with E-state index in [1.54, 1.807) is 0 Å². The van der Waals surface area contributed by atoms with E-state index < -0.39 is 0 Å². The minimum atomic E-state index is 0.410. The van der Waals surface area contributed by atoms with E-state index in [4.69, 9.17) is 12.2 Å². The quantitative estimate of drug-likeness (QED) is 0.599. The molecule has 0 aromatic carbocycles. The third-order valence-electron chi connectivity index (χ3n) is 3.61. The van der Waals surface area contributed by atoms with E-state index >= 15 is 0 Å². The molecule has 2 rings (SSSR count). The SMILES string of the molecule is CCCCCCC(C)n1c(=S)[nH]c2cc(C)cnc21. The predicted octanol–water partition coefficient (Wildman–Crippen LogP) is 4.93. The number of aromatic nitrogens is 3. The second-order valence-electron chi connectivity index (χ2n) is 5.38. The van der Waals surface area contributed by atoms with Crippen molar-refractivity contribution in [3.8, 4) is 0 Å². The van der Waals surface area contributed by atoms with Crippen molar-refractivity contribution in [1.82, 2.24) is 14.5 Å². The third-order valence-corrected chi connectivity index (χ3v) is 3.91. The van der Waals surface area contributed by atoms with Crippen molar-refractivity contribution in [2.45, 2.75) is 58.9 Å². The van der Waals surface area contributed by atoms with E-state index in [0.29, 0.717) is 6.04 Å². The van der Waals surface area contributed by atoms with Crippen molar-refractivity contribution >= 4 is 23.4 Å². The van der Waals surface area contributed by atoms with Crippen LogP contribution in [0.1, 0.15) is 57.6 Å². The summed E-state index contributed by atoms with van der Waals surface area (Å²) in [6.07, 6.45) is 8.24. The van der Waals surface area contributed by atoms with E-state index in [-0.39, 0.29) is 0 Å². The largest absolute Gasteiger partial charge is 0.329 e. The number of unbranched alkanes of at least 4 members (excludes halogenated alkanes) is 3. The Hall–Kier alpha value is -1.16. The van der Waals surface area contributed by atoms with Crippen LogP contribution in [0.4, 0.5) is 0 Å². The summed E-state index contributed by atoms with van der Waals surface area (Å²) < 4.78 is 2.95. The van der Waals surface area contributed by atoms with Crippen LogP contribution < -0.4 is 0 Å². The number of hydrogen-bond acceptors (Lipinski definition) is 2. The Labute approximate surface area is 120 Å². The molecule has 1 unspecified atom stereocenters. The number of rotatable bonds is 6. The van der Waals surface area contributed by atoms with Crippen LogP contribution in [0.2, 0.25) is 0 Å². The minimum Gasteiger partial charge on any atom is -0.329 e. The highest BCUT2D eigenvalue weighted by atomic mass is 32.1. The molecule has 3 nitrogen and oxygen atoms in total. The van der Waals surface area contributed by atoms with E-state index in [9.17, 15) is 0 Å². The van der Waals surface area contributed by atoms with Gasteiger partial charge in [-0.2, -0.15) is 0 Å². The molecule has 0 saturated heterocycles. The van der Waals surface area contributed by atoms with Gasteiger partial charge in [0.1, 0.15) is 0 Å². The summed E-state index contributed by atoms with van der Waals surface area (Å²) in [4.78, 5) is 7.80. The number of nitrogens with zero attached hydrogens (tertiary/aromatic N) is 2. The molecule has 104 valence electrons. The van der Waals surface area contributed by atoms with Gasteiger partial charge >= 0.3 is 0 Å². The lowest BCUT2D eigenvalue weighted by molar-refractivity contribution is 0.476. The average Bonchev–Trinajstić information content (AvgIpc) is 2.69. The third kappa shape index (κ3) is 3.24. The molecule has 1 atom stereocenters. The van der Waals surface area contributed by atoms with Crippen LogP contribution in [0.5, 0.6) is 0 Å². The number of aromatic amines is 1. The summed E-state index contributed by atoms with van der Waals surface area (Å²) >= 11 is 5.44. The highest BCUT2D eigenvalue weighted by Gasteiger charge is 2.11. The van der Waals surface area contributed by atoms with Crippen LogP contribution in [-0.4, -0.2) is 14.5 Å². The first-order chi connectivity index (χ1) is 9.13. The maximum absolute atomic E-state index is 5.44. The Morgan fingerprint density at radius 3 is 2.89 bits per heavy atom. The molecule has 0 saturated carbocycles. The first-order valence-corrected chi connectivity index (χ1v) is 7.61. The predicted molar refractivity (Wildman–Crippen MR) is 83.1 cm³/mol. The summed E-state index contributed by atoms with van der Waals surface area (Å²) in [6, 6.07) is 2.52. The summed E-state index contributed by atoms with van der Waals surface area (Å²) in [5, 5.41) is 0. The van der Waals surface area contributed by atoms with Gasteiger partial charge in [0, 0.05) is 12.2 Å². The van der Waals surface area contributed by atoms with Crippen LogP contribution in [0.3, 0.4) is 0 Å². The number of nitrogens with one attached hydrogen (secondary N) is 1. The topological polar surface area (TPSA) is 33.6 Å². The number of imidazole rings is 1. The lowest BCUT2D eigenvalue weighted by atomic mass is 10.1. The number of aryl methyl sites for hydroxylation is 1. The second-order valence-corrected chi connectivity index (χ2v) is 5.77. The molecule has 2 heterocycles. The zero-order valence-corrected chi connectivity index (χ0v) is 12.9. The van der Waals surface area contributed by atoms with E-state index in [1.807, 2.05) is 6.20 Å². The highest BCUT2D eigenvalue weighted by molar-refractivity contribution is 7.71. The molecule has 0 aliphatic rings. The van der Waals surface area contributed by atoms with Gasteiger partial charge in [0.05, 0.1) is 5.52 Å². The molecule has 19 heavy (non-hydrogen) atoms. The highest BCUT2D eigenvalue weighted by Crippen LogP contribution is 2.22. The summed E-state index contributed by atoms with van der Waals surface area (Å²) in [6.45, 7) is 6.52. The fourth-order valence-corrected chi connectivity index (χ4v) is 2.90. The molecule has 0 aliphatic heterocycles. The van der Waals surface area contributed by atoms with Gasteiger partial charge in [0.2, 0.25) is 0 Å². The summed E-state index contributed by atoms with van der Waals surface area (Å²) in [7, 11) is 0. The van der Waals surface area contributed by atoms with Gasteiger partial charge in [-0.15, -0.1) is 0 Å². The molecule has 0 spiro atoms. The number of pyridine rings is 1. The Balaban J connectivity index is 2.19. The van der Waals surface area contributed by atoms with Crippen molar-refractivity contribution < 1.29 is 0 Å². The van der Waals surface area contributed by atoms with Crippen LogP contribution in [0, 0.1) is 11.7 Å². The van der Waals surface area contributed by atoms with Gasteiger partial charge in [-0.3, -0.25) is 4.57 Å². The van der Waals surface area contributed by atoms with Gasteiger partial charge in [0.15, 0.2) is 10.4 Å². The van der Waals surface area contributed by atoms with Crippen LogP contribution >= 0.6 is 12.2 Å². The molecule has 0 amide bonds. The normalized spacial score (nSPS) is 13.0. The molecular formula is C15H23N3S. The Morgan fingerprint density at radius 1 is 1.37 bits per heavy atom. The average molecular weight is 277 g/mol. The Kier molecular flexibility index (Phi) is 4.75. The van der Waals surface area contributed by atoms with Gasteiger partial charge in [-0.25, -0.2) is 4.98 Å². The maximum atomic E-state index is 5.44. The van der Waals surface area contributed by atoms with Crippen LogP contribution in [0.15, 0.2) is 12.3 Å². The molecule has 0 fully saturated rings. The lowest BCUT2D eigenvalue weighted by Gasteiger charge is -2.13. The second kappa shape index (κ2) is 6.33. The van der Waals surface area contributed by atoms with Gasteiger partial charge in [-0.1, -0.05) is 32.6 Å². The standard InChI is InChI=1S/C15H23N3S/c1-4-5-6-7-8-12(3)18-14-13(17-15(18)19)9-11(2)10-16-14/h9-10,12H,4-8H2,1-3H3,(H,17,19). The fourth-order valence-electron chi connectivity index (χ4n) is 2.52. The zero-order chi connectivity index (χ0) is 13.8. The Bertz CT molecular complexity index is 597. The van der Waals surface area contributed by atoms with Gasteiger partial charge in [0.25, 0.3) is 0 Å². The number of H-pyrrole nitrogens is 1. The van der Waals surface area contributed by atoms with Crippen LogP contribution in [0.25, 0.3) is 11.2 Å². The van der Waals surface area contributed by atoms with E-state index in [0.717, 1.165) is 27.9 Å².